The molecular weight excluding hydrogens is 212 g/mol. The molecule has 0 bridgehead atoms. The first-order valence-electron chi connectivity index (χ1n) is 5.87. The molecule has 90 valence electrons. The lowest BCUT2D eigenvalue weighted by Crippen LogP contribution is -2.23. The first-order chi connectivity index (χ1) is 8.04. The van der Waals surface area contributed by atoms with Gasteiger partial charge < -0.3 is 9.47 Å². The molecule has 17 heavy (non-hydrogen) atoms. The maximum absolute atomic E-state index is 5.87. The Hall–Kier alpha value is -1.70. The lowest BCUT2D eigenvalue weighted by molar-refractivity contribution is 0.126. The first kappa shape index (κ1) is 11.8. The summed E-state index contributed by atoms with van der Waals surface area (Å²) in [6.45, 7) is 6.08. The Kier molecular flexibility index (Phi) is 3.23. The Morgan fingerprint density at radius 3 is 2.35 bits per heavy atom. The molecule has 0 saturated heterocycles. The van der Waals surface area contributed by atoms with Crippen LogP contribution in [0.1, 0.15) is 27.2 Å². The maximum atomic E-state index is 5.87. The van der Waals surface area contributed by atoms with Crippen LogP contribution in [0.3, 0.4) is 0 Å². The molecule has 0 atom stereocenters. The summed E-state index contributed by atoms with van der Waals surface area (Å²) in [5, 5.41) is 0. The highest BCUT2D eigenvalue weighted by Crippen LogP contribution is 2.31. The van der Waals surface area contributed by atoms with Crippen molar-refractivity contribution in [1.29, 1.82) is 0 Å². The van der Waals surface area contributed by atoms with Crippen LogP contribution in [0.2, 0.25) is 0 Å². The van der Waals surface area contributed by atoms with Crippen molar-refractivity contribution in [2.45, 2.75) is 32.8 Å². The highest BCUT2D eigenvalue weighted by Gasteiger charge is 2.15. The molecule has 1 aromatic rings. The predicted octanol–water partition coefficient (Wildman–Crippen LogP) is 4.09. The lowest BCUT2D eigenvalue weighted by atomic mass is 10.2. The van der Waals surface area contributed by atoms with Gasteiger partial charge in [-0.05, 0) is 51.5 Å². The van der Waals surface area contributed by atoms with Gasteiger partial charge in [0.15, 0.2) is 11.5 Å². The number of hydrogen-bond acceptors (Lipinski definition) is 2. The van der Waals surface area contributed by atoms with E-state index in [-0.39, 0.29) is 5.60 Å². The molecule has 0 spiro atoms. The quantitative estimate of drug-likeness (QED) is 0.778. The molecule has 2 rings (SSSR count). The van der Waals surface area contributed by atoms with E-state index < -0.39 is 0 Å². The number of hydrogen-bond donors (Lipinski definition) is 0. The summed E-state index contributed by atoms with van der Waals surface area (Å²) in [4.78, 5) is 0. The SMILES string of the molecule is CC(C)(C)Oc1ccccc1OC1=CCC=C1. The summed E-state index contributed by atoms with van der Waals surface area (Å²) in [7, 11) is 0. The molecular formula is C15H18O2. The number of rotatable bonds is 3. The van der Waals surface area contributed by atoms with Crippen LogP contribution in [-0.4, -0.2) is 5.60 Å². The van der Waals surface area contributed by atoms with Crippen molar-refractivity contribution in [1.82, 2.24) is 0 Å². The first-order valence-corrected chi connectivity index (χ1v) is 5.87. The molecule has 0 amide bonds. The molecule has 0 N–H and O–H groups in total. The third kappa shape index (κ3) is 3.38. The van der Waals surface area contributed by atoms with E-state index in [1.807, 2.05) is 57.2 Å². The van der Waals surface area contributed by atoms with Crippen molar-refractivity contribution in [3.63, 3.8) is 0 Å². The van der Waals surface area contributed by atoms with E-state index in [4.69, 9.17) is 9.47 Å². The van der Waals surface area contributed by atoms with Crippen LogP contribution in [0.25, 0.3) is 0 Å². The van der Waals surface area contributed by atoms with Crippen molar-refractivity contribution in [2.75, 3.05) is 0 Å². The highest BCUT2D eigenvalue weighted by atomic mass is 16.5. The average molecular weight is 230 g/mol. The third-order valence-electron chi connectivity index (χ3n) is 2.23. The number of benzene rings is 1. The second kappa shape index (κ2) is 4.66. The summed E-state index contributed by atoms with van der Waals surface area (Å²) in [5.41, 5.74) is -0.223. The topological polar surface area (TPSA) is 18.5 Å². The van der Waals surface area contributed by atoms with Gasteiger partial charge in [0.2, 0.25) is 0 Å². The number of allylic oxidation sites excluding steroid dienone is 3. The standard InChI is InChI=1S/C15H18O2/c1-15(2,3)17-14-11-7-6-10-13(14)16-12-8-4-5-9-12/h4,6-11H,5H2,1-3H3. The lowest BCUT2D eigenvalue weighted by Gasteiger charge is -2.23. The molecule has 1 aliphatic carbocycles. The molecule has 1 aliphatic rings. The normalized spacial score (nSPS) is 14.6. The number of ether oxygens (including phenoxy) is 2. The molecule has 0 unspecified atom stereocenters. The van der Waals surface area contributed by atoms with Gasteiger partial charge in [-0.15, -0.1) is 0 Å². The fourth-order valence-electron chi connectivity index (χ4n) is 1.59. The van der Waals surface area contributed by atoms with Crippen molar-refractivity contribution in [3.05, 3.63) is 48.3 Å². The molecule has 0 fully saturated rings. The molecule has 0 saturated carbocycles. The van der Waals surface area contributed by atoms with Gasteiger partial charge in [-0.25, -0.2) is 0 Å². The van der Waals surface area contributed by atoms with E-state index in [0.29, 0.717) is 0 Å². The van der Waals surface area contributed by atoms with Gasteiger partial charge in [-0.3, -0.25) is 0 Å². The van der Waals surface area contributed by atoms with Gasteiger partial charge >= 0.3 is 0 Å². The second-order valence-corrected chi connectivity index (χ2v) is 5.01. The van der Waals surface area contributed by atoms with Gasteiger partial charge in [-0.2, -0.15) is 0 Å². The van der Waals surface area contributed by atoms with E-state index >= 15 is 0 Å². The van der Waals surface area contributed by atoms with Crippen molar-refractivity contribution in [2.24, 2.45) is 0 Å². The summed E-state index contributed by atoms with van der Waals surface area (Å²) in [6.07, 6.45) is 7.04. The zero-order valence-electron chi connectivity index (χ0n) is 10.6. The van der Waals surface area contributed by atoms with Gasteiger partial charge in [-0.1, -0.05) is 18.2 Å². The second-order valence-electron chi connectivity index (χ2n) is 5.01. The largest absolute Gasteiger partial charge is 0.484 e. The Bertz CT molecular complexity index is 450. The van der Waals surface area contributed by atoms with Crippen LogP contribution in [0, 0.1) is 0 Å². The summed E-state index contributed by atoms with van der Waals surface area (Å²) in [6, 6.07) is 7.75. The molecule has 0 aliphatic heterocycles. The van der Waals surface area contributed by atoms with E-state index in [1.165, 1.54) is 0 Å². The smallest absolute Gasteiger partial charge is 0.169 e. The fraction of sp³-hybridized carbons (Fsp3) is 0.333. The minimum absolute atomic E-state index is 0.223. The number of para-hydroxylation sites is 2. The third-order valence-corrected chi connectivity index (χ3v) is 2.23. The Morgan fingerprint density at radius 1 is 1.06 bits per heavy atom. The molecule has 1 aromatic carbocycles. The van der Waals surface area contributed by atoms with Crippen LogP contribution in [0.5, 0.6) is 11.5 Å². The highest BCUT2D eigenvalue weighted by molar-refractivity contribution is 5.42. The molecule has 0 heterocycles. The minimum Gasteiger partial charge on any atom is -0.484 e. The zero-order chi connectivity index (χ0) is 12.3. The van der Waals surface area contributed by atoms with E-state index in [9.17, 15) is 0 Å². The average Bonchev–Trinajstić information content (AvgIpc) is 2.71. The predicted molar refractivity (Wildman–Crippen MR) is 69.3 cm³/mol. The maximum Gasteiger partial charge on any atom is 0.169 e. The fourth-order valence-corrected chi connectivity index (χ4v) is 1.59. The van der Waals surface area contributed by atoms with Crippen molar-refractivity contribution >= 4 is 0 Å². The van der Waals surface area contributed by atoms with Crippen LogP contribution in [0.4, 0.5) is 0 Å². The monoisotopic (exact) mass is 230 g/mol. The minimum atomic E-state index is -0.223. The van der Waals surface area contributed by atoms with E-state index in [2.05, 4.69) is 6.08 Å². The zero-order valence-corrected chi connectivity index (χ0v) is 10.6. The van der Waals surface area contributed by atoms with Crippen LogP contribution in [0.15, 0.2) is 48.3 Å². The van der Waals surface area contributed by atoms with E-state index in [1.54, 1.807) is 0 Å². The van der Waals surface area contributed by atoms with Crippen molar-refractivity contribution in [3.8, 4) is 11.5 Å². The Morgan fingerprint density at radius 2 is 1.76 bits per heavy atom. The Balaban J connectivity index is 2.18. The van der Waals surface area contributed by atoms with Gasteiger partial charge in [0.05, 0.1) is 0 Å². The molecule has 2 nitrogen and oxygen atoms in total. The van der Waals surface area contributed by atoms with Gasteiger partial charge in [0.25, 0.3) is 0 Å². The van der Waals surface area contributed by atoms with Crippen LogP contribution in [-0.2, 0) is 0 Å². The van der Waals surface area contributed by atoms with Crippen molar-refractivity contribution < 1.29 is 9.47 Å². The summed E-state index contributed by atoms with van der Waals surface area (Å²) >= 11 is 0. The molecule has 0 aromatic heterocycles. The van der Waals surface area contributed by atoms with Gasteiger partial charge in [0, 0.05) is 0 Å². The summed E-state index contributed by atoms with van der Waals surface area (Å²) in [5.74, 6) is 2.43. The van der Waals surface area contributed by atoms with Crippen LogP contribution >= 0.6 is 0 Å². The molecule has 2 heteroatoms. The van der Waals surface area contributed by atoms with Crippen LogP contribution < -0.4 is 9.47 Å². The summed E-state index contributed by atoms with van der Waals surface area (Å²) < 4.78 is 11.7. The van der Waals surface area contributed by atoms with E-state index in [0.717, 1.165) is 23.7 Å². The van der Waals surface area contributed by atoms with Gasteiger partial charge in [0.1, 0.15) is 11.4 Å². The Labute approximate surface area is 103 Å². The molecule has 0 radical (unpaired) electrons.